The van der Waals surface area contributed by atoms with Gasteiger partial charge in [-0.25, -0.2) is 0 Å². The molecule has 7 heteroatoms. The Morgan fingerprint density at radius 1 is 1.24 bits per heavy atom. The maximum atomic E-state index is 12.0. The van der Waals surface area contributed by atoms with E-state index >= 15 is 0 Å². The van der Waals surface area contributed by atoms with Crippen LogP contribution in [-0.4, -0.2) is 50.1 Å². The number of ether oxygens (including phenoxy) is 1. The van der Waals surface area contributed by atoms with Crippen LogP contribution in [0.4, 0.5) is 5.69 Å². The molecule has 0 aliphatic carbocycles. The summed E-state index contributed by atoms with van der Waals surface area (Å²) in [6.45, 7) is 7.40. The first kappa shape index (κ1) is 25.1. The number of guanidine groups is 1. The van der Waals surface area contributed by atoms with E-state index in [-0.39, 0.29) is 24.0 Å². The number of carbonyl (C=O) groups excluding carboxylic acids is 1. The second-order valence-electron chi connectivity index (χ2n) is 8.25. The summed E-state index contributed by atoms with van der Waals surface area (Å²) in [5, 5.41) is 3.52. The molecule has 2 aliphatic rings. The number of benzene rings is 2. The molecule has 1 unspecified atom stereocenters. The maximum absolute atomic E-state index is 12.0. The van der Waals surface area contributed by atoms with Crippen LogP contribution >= 0.6 is 24.0 Å². The molecular weight excluding hydrogens is 527 g/mol. The molecule has 1 amide bonds. The average molecular weight is 560 g/mol. The van der Waals surface area contributed by atoms with Gasteiger partial charge in [-0.3, -0.25) is 9.79 Å². The van der Waals surface area contributed by atoms with E-state index in [1.165, 1.54) is 11.3 Å². The molecule has 2 aromatic rings. The zero-order valence-electron chi connectivity index (χ0n) is 19.2. The molecule has 0 spiro atoms. The van der Waals surface area contributed by atoms with Gasteiger partial charge in [0.25, 0.3) is 0 Å². The van der Waals surface area contributed by atoms with Gasteiger partial charge in [0.05, 0.1) is 0 Å². The van der Waals surface area contributed by atoms with Gasteiger partial charge in [0.2, 0.25) is 5.91 Å². The third kappa shape index (κ3) is 5.88. The minimum atomic E-state index is 0. The smallest absolute Gasteiger partial charge is 0.222 e. The first-order valence-electron chi connectivity index (χ1n) is 11.4. The molecule has 2 aromatic carbocycles. The Bertz CT molecular complexity index is 994. The summed E-state index contributed by atoms with van der Waals surface area (Å²) in [6.07, 6.45) is 4.40. The van der Waals surface area contributed by atoms with Crippen molar-refractivity contribution in [3.63, 3.8) is 0 Å². The van der Waals surface area contributed by atoms with Crippen molar-refractivity contribution >= 4 is 41.5 Å². The summed E-state index contributed by atoms with van der Waals surface area (Å²) in [4.78, 5) is 20.9. The van der Waals surface area contributed by atoms with Crippen LogP contribution in [0.3, 0.4) is 0 Å². The van der Waals surface area contributed by atoms with Crippen molar-refractivity contribution in [3.05, 3.63) is 72.3 Å². The van der Waals surface area contributed by atoms with Crippen molar-refractivity contribution in [2.45, 2.75) is 31.7 Å². The first-order chi connectivity index (χ1) is 15.7. The van der Waals surface area contributed by atoms with E-state index in [0.717, 1.165) is 49.7 Å². The maximum Gasteiger partial charge on any atom is 0.222 e. The van der Waals surface area contributed by atoms with E-state index in [9.17, 15) is 4.79 Å². The number of amides is 1. The number of nitrogens with zero attached hydrogens (tertiary/aromatic N) is 3. The van der Waals surface area contributed by atoms with Crippen LogP contribution in [0.5, 0.6) is 5.75 Å². The molecule has 1 saturated heterocycles. The van der Waals surface area contributed by atoms with Gasteiger partial charge in [0.1, 0.15) is 12.4 Å². The fourth-order valence-electron chi connectivity index (χ4n) is 4.60. The highest BCUT2D eigenvalue weighted by Gasteiger charge is 2.32. The highest BCUT2D eigenvalue weighted by atomic mass is 127. The van der Waals surface area contributed by atoms with Crippen LogP contribution in [0.2, 0.25) is 0 Å². The minimum absolute atomic E-state index is 0. The molecule has 1 atom stereocenters. The predicted octanol–water partition coefficient (Wildman–Crippen LogP) is 4.56. The molecule has 4 rings (SSSR count). The SMILES string of the molecule is C=CCOc1ccccc1CNC(=NC)N1CC(CCN2CCCC2=O)c2ccccc21.I. The molecule has 0 saturated carbocycles. The highest BCUT2D eigenvalue weighted by Crippen LogP contribution is 2.38. The van der Waals surface area contributed by atoms with Gasteiger partial charge in [-0.05, 0) is 30.5 Å². The molecule has 0 aromatic heterocycles. The summed E-state index contributed by atoms with van der Waals surface area (Å²) in [5.41, 5.74) is 3.60. The van der Waals surface area contributed by atoms with Gasteiger partial charge in [-0.2, -0.15) is 0 Å². The monoisotopic (exact) mass is 560 g/mol. The van der Waals surface area contributed by atoms with Crippen LogP contribution in [-0.2, 0) is 11.3 Å². The summed E-state index contributed by atoms with van der Waals surface area (Å²) in [7, 11) is 1.82. The van der Waals surface area contributed by atoms with Crippen LogP contribution in [0, 0.1) is 0 Å². The molecule has 0 bridgehead atoms. The third-order valence-corrected chi connectivity index (χ3v) is 6.22. The van der Waals surface area contributed by atoms with Gasteiger partial charge in [0.15, 0.2) is 5.96 Å². The third-order valence-electron chi connectivity index (χ3n) is 6.22. The van der Waals surface area contributed by atoms with Gasteiger partial charge in [-0.1, -0.05) is 49.1 Å². The quantitative estimate of drug-likeness (QED) is 0.223. The number of halogens is 1. The zero-order valence-corrected chi connectivity index (χ0v) is 21.5. The second kappa shape index (κ2) is 12.1. The zero-order chi connectivity index (χ0) is 22.3. The second-order valence-corrected chi connectivity index (χ2v) is 8.25. The molecule has 2 heterocycles. The van der Waals surface area contributed by atoms with Gasteiger partial charge in [-0.15, -0.1) is 24.0 Å². The van der Waals surface area contributed by atoms with Crippen LogP contribution < -0.4 is 15.0 Å². The summed E-state index contributed by atoms with van der Waals surface area (Å²) < 4.78 is 5.80. The summed E-state index contributed by atoms with van der Waals surface area (Å²) in [6, 6.07) is 16.6. The number of aliphatic imine (C=N–C) groups is 1. The van der Waals surface area contributed by atoms with E-state index in [2.05, 4.69) is 52.1 Å². The van der Waals surface area contributed by atoms with E-state index in [4.69, 9.17) is 4.74 Å². The van der Waals surface area contributed by atoms with Crippen LogP contribution in [0.15, 0.2) is 66.2 Å². The van der Waals surface area contributed by atoms with E-state index in [0.29, 0.717) is 31.4 Å². The fraction of sp³-hybridized carbons (Fsp3) is 0.385. The van der Waals surface area contributed by atoms with Crippen molar-refractivity contribution < 1.29 is 9.53 Å². The lowest BCUT2D eigenvalue weighted by Gasteiger charge is -2.24. The number of fused-ring (bicyclic) bond motifs is 1. The molecule has 0 radical (unpaired) electrons. The van der Waals surface area contributed by atoms with Crippen molar-refractivity contribution in [3.8, 4) is 5.75 Å². The lowest BCUT2D eigenvalue weighted by molar-refractivity contribution is -0.127. The van der Waals surface area contributed by atoms with E-state index < -0.39 is 0 Å². The van der Waals surface area contributed by atoms with Crippen molar-refractivity contribution in [1.82, 2.24) is 10.2 Å². The van der Waals surface area contributed by atoms with Gasteiger partial charge < -0.3 is 19.9 Å². The molecule has 6 nitrogen and oxygen atoms in total. The van der Waals surface area contributed by atoms with Gasteiger partial charge >= 0.3 is 0 Å². The molecule has 1 fully saturated rings. The first-order valence-corrected chi connectivity index (χ1v) is 11.4. The molecule has 2 aliphatic heterocycles. The number of para-hydroxylation sites is 2. The lowest BCUT2D eigenvalue weighted by Crippen LogP contribution is -2.40. The number of anilines is 1. The fourth-order valence-corrected chi connectivity index (χ4v) is 4.60. The molecule has 1 N–H and O–H groups in total. The van der Waals surface area contributed by atoms with E-state index in [1.807, 2.05) is 30.1 Å². The molecular formula is C26H33IN4O2. The normalized spacial score (nSPS) is 17.5. The van der Waals surface area contributed by atoms with Crippen LogP contribution in [0.25, 0.3) is 0 Å². The average Bonchev–Trinajstić information content (AvgIpc) is 3.40. The van der Waals surface area contributed by atoms with E-state index in [1.54, 1.807) is 6.08 Å². The Balaban J connectivity index is 0.00000306. The predicted molar refractivity (Wildman–Crippen MR) is 145 cm³/mol. The Morgan fingerprint density at radius 2 is 2.03 bits per heavy atom. The molecule has 176 valence electrons. The number of hydrogen-bond donors (Lipinski definition) is 1. The largest absolute Gasteiger partial charge is 0.489 e. The lowest BCUT2D eigenvalue weighted by atomic mass is 9.98. The van der Waals surface area contributed by atoms with Crippen molar-refractivity contribution in [2.75, 3.05) is 38.2 Å². The number of hydrogen-bond acceptors (Lipinski definition) is 3. The minimum Gasteiger partial charge on any atom is -0.489 e. The summed E-state index contributed by atoms with van der Waals surface area (Å²) >= 11 is 0. The standard InChI is InChI=1S/C26H32N4O2.HI/c1-3-17-32-24-12-7-4-9-20(24)18-28-26(27-2)30-19-21(22-10-5-6-11-23(22)30)14-16-29-15-8-13-25(29)31;/h3-7,9-12,21H,1,8,13-19H2,2H3,(H,27,28);1H. The van der Waals surface area contributed by atoms with Gasteiger partial charge in [0, 0.05) is 56.8 Å². The topological polar surface area (TPSA) is 57.2 Å². The Morgan fingerprint density at radius 3 is 2.79 bits per heavy atom. The molecule has 33 heavy (non-hydrogen) atoms. The Kier molecular flexibility index (Phi) is 9.17. The Labute approximate surface area is 213 Å². The summed E-state index contributed by atoms with van der Waals surface area (Å²) in [5.74, 6) is 2.37. The highest BCUT2D eigenvalue weighted by molar-refractivity contribution is 14.0. The Hall–Kier alpha value is -2.55. The number of nitrogens with one attached hydrogen (secondary N) is 1. The number of rotatable bonds is 8. The van der Waals surface area contributed by atoms with Crippen LogP contribution in [0.1, 0.15) is 36.3 Å². The number of carbonyl (C=O) groups is 1. The van der Waals surface area contributed by atoms with Crippen molar-refractivity contribution in [1.29, 1.82) is 0 Å². The number of likely N-dealkylation sites (tertiary alicyclic amines) is 1. The van der Waals surface area contributed by atoms with Crippen molar-refractivity contribution in [2.24, 2.45) is 4.99 Å².